The molecule has 4 heteroatoms. The normalized spacial score (nSPS) is 13.8. The third-order valence-electron chi connectivity index (χ3n) is 5.93. The van der Waals surface area contributed by atoms with E-state index < -0.39 is 0 Å². The van der Waals surface area contributed by atoms with Gasteiger partial charge in [0, 0.05) is 44.5 Å². The Morgan fingerprint density at radius 1 is 1.07 bits per heavy atom. The number of fused-ring (bicyclic) bond motifs is 5. The van der Waals surface area contributed by atoms with Crippen molar-refractivity contribution in [2.75, 3.05) is 5.73 Å². The summed E-state index contributed by atoms with van der Waals surface area (Å²) in [5.41, 5.74) is 16.4. The van der Waals surface area contributed by atoms with Crippen LogP contribution in [0.1, 0.15) is 42.1 Å². The van der Waals surface area contributed by atoms with Crippen molar-refractivity contribution in [3.8, 4) is 11.3 Å². The maximum absolute atomic E-state index is 8.04. The molecule has 0 radical (unpaired) electrons. The topological polar surface area (TPSA) is 78.5 Å². The van der Waals surface area contributed by atoms with Crippen LogP contribution in [0.25, 0.3) is 33.1 Å². The van der Waals surface area contributed by atoms with Crippen LogP contribution in [0, 0.1) is 12.3 Å². The van der Waals surface area contributed by atoms with E-state index in [0.717, 1.165) is 35.2 Å². The number of aromatic nitrogens is 2. The molecule has 0 saturated heterocycles. The van der Waals surface area contributed by atoms with Crippen molar-refractivity contribution >= 4 is 33.2 Å². The number of nitrogens with two attached hydrogens (primary N) is 1. The zero-order chi connectivity index (χ0) is 19.4. The van der Waals surface area contributed by atoms with E-state index in [1.807, 2.05) is 18.2 Å². The highest BCUT2D eigenvalue weighted by Crippen LogP contribution is 2.38. The molecule has 0 aliphatic heterocycles. The Morgan fingerprint density at radius 2 is 1.86 bits per heavy atom. The number of aryl methyl sites for hydroxylation is 2. The number of nitrogen functional groups attached to an aromatic ring is 1. The molecule has 2 heterocycles. The molecule has 0 unspecified atom stereocenters. The standard InChI is InChI=1S/C24H24N4/c1-13-11-19-21(27-13)9-10-22-23(19)16-5-3-4-6-17(16)24(28-22)15-7-8-20(26)18(12-15)14(2)25/h7-12,25,27H,3-6,26H2,1-2H3. The van der Waals surface area contributed by atoms with Crippen molar-refractivity contribution in [3.63, 3.8) is 0 Å². The monoisotopic (exact) mass is 368 g/mol. The van der Waals surface area contributed by atoms with Crippen LogP contribution in [-0.2, 0) is 12.8 Å². The van der Waals surface area contributed by atoms with E-state index in [0.29, 0.717) is 11.4 Å². The van der Waals surface area contributed by atoms with Crippen molar-refractivity contribution in [2.24, 2.45) is 0 Å². The van der Waals surface area contributed by atoms with Gasteiger partial charge in [0.05, 0.1) is 11.2 Å². The summed E-state index contributed by atoms with van der Waals surface area (Å²) in [6.45, 7) is 3.89. The van der Waals surface area contributed by atoms with E-state index in [9.17, 15) is 0 Å². The van der Waals surface area contributed by atoms with Gasteiger partial charge in [0.25, 0.3) is 0 Å². The number of anilines is 1. The number of hydrogen-bond donors (Lipinski definition) is 3. The largest absolute Gasteiger partial charge is 0.398 e. The quantitative estimate of drug-likeness (QED) is 0.321. The van der Waals surface area contributed by atoms with Gasteiger partial charge >= 0.3 is 0 Å². The number of benzene rings is 2. The van der Waals surface area contributed by atoms with Crippen molar-refractivity contribution in [1.29, 1.82) is 5.41 Å². The van der Waals surface area contributed by atoms with Gasteiger partial charge in [-0.05, 0) is 81.0 Å². The van der Waals surface area contributed by atoms with Crippen LogP contribution < -0.4 is 5.73 Å². The van der Waals surface area contributed by atoms with E-state index in [1.165, 1.54) is 46.0 Å². The van der Waals surface area contributed by atoms with E-state index in [2.05, 4.69) is 30.1 Å². The van der Waals surface area contributed by atoms with Crippen molar-refractivity contribution in [1.82, 2.24) is 9.97 Å². The maximum Gasteiger partial charge on any atom is 0.0744 e. The lowest BCUT2D eigenvalue weighted by Crippen LogP contribution is -2.08. The van der Waals surface area contributed by atoms with Gasteiger partial charge in [0.15, 0.2) is 0 Å². The second-order valence-electron chi connectivity index (χ2n) is 7.92. The Hall–Kier alpha value is -3.14. The van der Waals surface area contributed by atoms with Crippen molar-refractivity contribution in [3.05, 3.63) is 58.8 Å². The average Bonchev–Trinajstić information content (AvgIpc) is 3.07. The molecule has 1 aliphatic carbocycles. The van der Waals surface area contributed by atoms with Crippen molar-refractivity contribution in [2.45, 2.75) is 39.5 Å². The molecule has 0 amide bonds. The highest BCUT2D eigenvalue weighted by molar-refractivity contribution is 6.09. The second kappa shape index (κ2) is 6.20. The number of H-pyrrole nitrogens is 1. The first-order valence-electron chi connectivity index (χ1n) is 9.92. The fraction of sp³-hybridized carbons (Fsp3) is 0.250. The lowest BCUT2D eigenvalue weighted by Gasteiger charge is -2.22. The zero-order valence-electron chi connectivity index (χ0n) is 16.3. The molecule has 4 N–H and O–H groups in total. The summed E-state index contributed by atoms with van der Waals surface area (Å²) in [7, 11) is 0. The van der Waals surface area contributed by atoms with Crippen LogP contribution in [0.4, 0.5) is 5.69 Å². The number of nitrogens with one attached hydrogen (secondary N) is 2. The molecule has 28 heavy (non-hydrogen) atoms. The first-order chi connectivity index (χ1) is 13.5. The van der Waals surface area contributed by atoms with Gasteiger partial charge in [-0.25, -0.2) is 4.98 Å². The Morgan fingerprint density at radius 3 is 2.64 bits per heavy atom. The molecule has 4 nitrogen and oxygen atoms in total. The van der Waals surface area contributed by atoms with Gasteiger partial charge < -0.3 is 16.1 Å². The molecule has 0 atom stereocenters. The molecule has 2 aromatic heterocycles. The summed E-state index contributed by atoms with van der Waals surface area (Å²) in [4.78, 5) is 8.59. The fourth-order valence-corrected chi connectivity index (χ4v) is 4.64. The molecule has 0 bridgehead atoms. The fourth-order valence-electron chi connectivity index (χ4n) is 4.64. The lowest BCUT2D eigenvalue weighted by molar-refractivity contribution is 0.689. The second-order valence-corrected chi connectivity index (χ2v) is 7.92. The highest BCUT2D eigenvalue weighted by Gasteiger charge is 2.21. The summed E-state index contributed by atoms with van der Waals surface area (Å²) in [5.74, 6) is 0. The predicted octanol–water partition coefficient (Wildman–Crippen LogP) is 5.54. The number of pyridine rings is 1. The Bertz CT molecular complexity index is 1260. The van der Waals surface area contributed by atoms with Gasteiger partial charge in [-0.2, -0.15) is 0 Å². The number of nitrogens with zero attached hydrogens (tertiary/aromatic N) is 1. The molecule has 1 aliphatic rings. The van der Waals surface area contributed by atoms with Crippen LogP contribution in [0.5, 0.6) is 0 Å². The zero-order valence-corrected chi connectivity index (χ0v) is 16.3. The minimum atomic E-state index is 0.485. The van der Waals surface area contributed by atoms with E-state index in [1.54, 1.807) is 6.92 Å². The summed E-state index contributed by atoms with van der Waals surface area (Å²) >= 11 is 0. The van der Waals surface area contributed by atoms with Gasteiger partial charge in [-0.1, -0.05) is 6.07 Å². The van der Waals surface area contributed by atoms with Crippen LogP contribution >= 0.6 is 0 Å². The van der Waals surface area contributed by atoms with E-state index in [4.69, 9.17) is 16.1 Å². The molecule has 0 spiro atoms. The van der Waals surface area contributed by atoms with Gasteiger partial charge in [-0.3, -0.25) is 0 Å². The third kappa shape index (κ3) is 2.52. The summed E-state index contributed by atoms with van der Waals surface area (Å²) in [6.07, 6.45) is 4.56. The minimum Gasteiger partial charge on any atom is -0.398 e. The van der Waals surface area contributed by atoms with Gasteiger partial charge in [0.1, 0.15) is 0 Å². The molecular weight excluding hydrogens is 344 g/mol. The molecule has 5 rings (SSSR count). The van der Waals surface area contributed by atoms with Crippen molar-refractivity contribution < 1.29 is 0 Å². The predicted molar refractivity (Wildman–Crippen MR) is 117 cm³/mol. The lowest BCUT2D eigenvalue weighted by atomic mass is 9.85. The van der Waals surface area contributed by atoms with Crippen LogP contribution in [0.15, 0.2) is 36.4 Å². The summed E-state index contributed by atoms with van der Waals surface area (Å²) < 4.78 is 0. The third-order valence-corrected chi connectivity index (χ3v) is 5.93. The smallest absolute Gasteiger partial charge is 0.0744 e. The Balaban J connectivity index is 1.85. The van der Waals surface area contributed by atoms with Gasteiger partial charge in [0.2, 0.25) is 0 Å². The van der Waals surface area contributed by atoms with Crippen LogP contribution in [-0.4, -0.2) is 15.7 Å². The number of aromatic amines is 1. The Kier molecular flexibility index (Phi) is 3.76. The molecule has 0 saturated carbocycles. The minimum absolute atomic E-state index is 0.485. The summed E-state index contributed by atoms with van der Waals surface area (Å²) in [6, 6.07) is 12.5. The van der Waals surface area contributed by atoms with Gasteiger partial charge in [-0.15, -0.1) is 0 Å². The van der Waals surface area contributed by atoms with Crippen LogP contribution in [0.3, 0.4) is 0 Å². The molecular formula is C24H24N4. The number of hydrogen-bond acceptors (Lipinski definition) is 3. The molecule has 2 aromatic carbocycles. The highest BCUT2D eigenvalue weighted by atomic mass is 14.7. The van der Waals surface area contributed by atoms with Crippen LogP contribution in [0.2, 0.25) is 0 Å². The first kappa shape index (κ1) is 17.0. The summed E-state index contributed by atoms with van der Waals surface area (Å²) in [5, 5.41) is 10.6. The van der Waals surface area contributed by atoms with E-state index in [-0.39, 0.29) is 0 Å². The maximum atomic E-state index is 8.04. The van der Waals surface area contributed by atoms with E-state index >= 15 is 0 Å². The first-order valence-corrected chi connectivity index (χ1v) is 9.92. The Labute approximate surface area is 164 Å². The SMILES string of the molecule is CC(=N)c1cc(-c2nc3ccc4[nH]c(C)cc4c3c3c2CCCC3)ccc1N. The molecule has 140 valence electrons. The molecule has 0 fully saturated rings. The number of rotatable bonds is 2. The molecule has 4 aromatic rings. The average molecular weight is 368 g/mol.